The molecule has 2 rings (SSSR count). The summed E-state index contributed by atoms with van der Waals surface area (Å²) in [6, 6.07) is 14.0. The molecule has 19 heavy (non-hydrogen) atoms. The van der Waals surface area contributed by atoms with Crippen LogP contribution in [0.5, 0.6) is 0 Å². The molecule has 0 fully saturated rings. The van der Waals surface area contributed by atoms with Crippen LogP contribution in [0, 0.1) is 0 Å². The van der Waals surface area contributed by atoms with Crippen molar-refractivity contribution in [3.63, 3.8) is 0 Å². The van der Waals surface area contributed by atoms with Crippen LogP contribution in [0.3, 0.4) is 0 Å². The van der Waals surface area contributed by atoms with Gasteiger partial charge in [0, 0.05) is 18.7 Å². The van der Waals surface area contributed by atoms with Crippen molar-refractivity contribution in [1.82, 2.24) is 4.90 Å². The summed E-state index contributed by atoms with van der Waals surface area (Å²) < 4.78 is 0. The lowest BCUT2D eigenvalue weighted by molar-refractivity contribution is 0.0764. The number of benzene rings is 2. The van der Waals surface area contributed by atoms with Crippen LogP contribution >= 0.6 is 0 Å². The number of carbonyl (C=O) groups excluding carboxylic acids is 1. The van der Waals surface area contributed by atoms with Crippen molar-refractivity contribution >= 4 is 16.7 Å². The Morgan fingerprint density at radius 3 is 2.53 bits per heavy atom. The number of amides is 1. The molecular weight excluding hydrogens is 234 g/mol. The van der Waals surface area contributed by atoms with E-state index < -0.39 is 0 Å². The van der Waals surface area contributed by atoms with Crippen molar-refractivity contribution < 1.29 is 4.79 Å². The van der Waals surface area contributed by atoms with Crippen molar-refractivity contribution in [1.29, 1.82) is 0 Å². The molecule has 2 nitrogen and oxygen atoms in total. The van der Waals surface area contributed by atoms with E-state index in [0.717, 1.165) is 42.3 Å². The number of carbonyl (C=O) groups is 1. The number of nitrogens with zero attached hydrogens (tertiary/aromatic N) is 1. The Balaban J connectivity index is 2.35. The zero-order valence-corrected chi connectivity index (χ0v) is 11.7. The summed E-state index contributed by atoms with van der Waals surface area (Å²) in [7, 11) is 0. The van der Waals surface area contributed by atoms with Gasteiger partial charge in [0.05, 0.1) is 0 Å². The predicted molar refractivity (Wildman–Crippen MR) is 80.4 cm³/mol. The maximum Gasteiger partial charge on any atom is 0.254 e. The van der Waals surface area contributed by atoms with Gasteiger partial charge in [0.15, 0.2) is 0 Å². The minimum atomic E-state index is 0.146. The Hall–Kier alpha value is -1.83. The second kappa shape index (κ2) is 6.37. The molecule has 2 heteroatoms. The van der Waals surface area contributed by atoms with Gasteiger partial charge >= 0.3 is 0 Å². The smallest absolute Gasteiger partial charge is 0.254 e. The second-order valence-electron chi connectivity index (χ2n) is 4.77. The molecule has 0 N–H and O–H groups in total. The first kappa shape index (κ1) is 13.6. The highest BCUT2D eigenvalue weighted by Crippen LogP contribution is 2.20. The second-order valence-corrected chi connectivity index (χ2v) is 4.77. The van der Waals surface area contributed by atoms with Crippen molar-refractivity contribution in [2.45, 2.75) is 26.7 Å². The van der Waals surface area contributed by atoms with Gasteiger partial charge in [-0.05, 0) is 30.2 Å². The van der Waals surface area contributed by atoms with Gasteiger partial charge in [0.2, 0.25) is 0 Å². The third-order valence-electron chi connectivity index (χ3n) is 3.47. The lowest BCUT2D eigenvalue weighted by Gasteiger charge is -2.21. The molecule has 0 bridgehead atoms. The summed E-state index contributed by atoms with van der Waals surface area (Å²) in [6.07, 6.45) is 2.17. The number of fused-ring (bicyclic) bond motifs is 1. The van der Waals surface area contributed by atoms with Gasteiger partial charge in [0.1, 0.15) is 0 Å². The van der Waals surface area contributed by atoms with Gasteiger partial charge in [-0.25, -0.2) is 0 Å². The van der Waals surface area contributed by atoms with E-state index >= 15 is 0 Å². The average Bonchev–Trinajstić information content (AvgIpc) is 2.47. The van der Waals surface area contributed by atoms with Gasteiger partial charge in [-0.1, -0.05) is 49.7 Å². The Kier molecular flexibility index (Phi) is 4.56. The van der Waals surface area contributed by atoms with Gasteiger partial charge in [0.25, 0.3) is 5.91 Å². The molecule has 0 aliphatic heterocycles. The van der Waals surface area contributed by atoms with Crippen LogP contribution in [0.25, 0.3) is 10.8 Å². The Labute approximate surface area is 115 Å². The van der Waals surface area contributed by atoms with Crippen molar-refractivity contribution in [2.24, 2.45) is 0 Å². The molecule has 0 aromatic heterocycles. The standard InChI is InChI=1S/C17H21NO/c1-3-5-13-18(4-2)17(19)16-12-8-10-14-9-6-7-11-15(14)16/h6-12H,3-5,13H2,1-2H3. The zero-order valence-electron chi connectivity index (χ0n) is 11.7. The molecule has 0 atom stereocenters. The van der Waals surface area contributed by atoms with Crippen LogP contribution in [0.1, 0.15) is 37.0 Å². The number of hydrogen-bond donors (Lipinski definition) is 0. The van der Waals surface area contributed by atoms with Crippen LogP contribution in [0.2, 0.25) is 0 Å². The normalized spacial score (nSPS) is 10.6. The summed E-state index contributed by atoms with van der Waals surface area (Å²) in [5.41, 5.74) is 0.816. The molecule has 0 saturated heterocycles. The highest BCUT2D eigenvalue weighted by atomic mass is 16.2. The van der Waals surface area contributed by atoms with E-state index in [4.69, 9.17) is 0 Å². The highest BCUT2D eigenvalue weighted by molar-refractivity contribution is 6.06. The molecule has 0 heterocycles. The maximum absolute atomic E-state index is 12.6. The van der Waals surface area contributed by atoms with Crippen LogP contribution in [0.4, 0.5) is 0 Å². The van der Waals surface area contributed by atoms with E-state index in [1.165, 1.54) is 0 Å². The highest BCUT2D eigenvalue weighted by Gasteiger charge is 2.15. The van der Waals surface area contributed by atoms with Crippen molar-refractivity contribution in [2.75, 3.05) is 13.1 Å². The Morgan fingerprint density at radius 1 is 1.05 bits per heavy atom. The lowest BCUT2D eigenvalue weighted by atomic mass is 10.0. The first-order valence-electron chi connectivity index (χ1n) is 7.05. The summed E-state index contributed by atoms with van der Waals surface area (Å²) >= 11 is 0. The van der Waals surface area contributed by atoms with Gasteiger partial charge in [-0.15, -0.1) is 0 Å². The zero-order chi connectivity index (χ0) is 13.7. The third kappa shape index (κ3) is 2.95. The first-order chi connectivity index (χ1) is 9.27. The fourth-order valence-corrected chi connectivity index (χ4v) is 2.33. The molecule has 0 saturated carbocycles. The average molecular weight is 255 g/mol. The van der Waals surface area contributed by atoms with Crippen LogP contribution in [0.15, 0.2) is 42.5 Å². The van der Waals surface area contributed by atoms with E-state index in [1.807, 2.05) is 42.2 Å². The SMILES string of the molecule is CCCCN(CC)C(=O)c1cccc2ccccc12. The molecule has 0 spiro atoms. The van der Waals surface area contributed by atoms with E-state index in [9.17, 15) is 4.79 Å². The molecule has 0 unspecified atom stereocenters. The summed E-state index contributed by atoms with van der Waals surface area (Å²) in [6.45, 7) is 5.80. The van der Waals surface area contributed by atoms with Crippen LogP contribution in [-0.2, 0) is 0 Å². The van der Waals surface area contributed by atoms with E-state index in [-0.39, 0.29) is 5.91 Å². The Bertz CT molecular complexity index is 557. The third-order valence-corrected chi connectivity index (χ3v) is 3.47. The first-order valence-corrected chi connectivity index (χ1v) is 7.05. The minimum Gasteiger partial charge on any atom is -0.339 e. The van der Waals surface area contributed by atoms with E-state index in [2.05, 4.69) is 19.1 Å². The van der Waals surface area contributed by atoms with Crippen LogP contribution in [-0.4, -0.2) is 23.9 Å². The summed E-state index contributed by atoms with van der Waals surface area (Å²) in [5, 5.41) is 2.17. The fraction of sp³-hybridized carbons (Fsp3) is 0.353. The summed E-state index contributed by atoms with van der Waals surface area (Å²) in [4.78, 5) is 14.6. The number of unbranched alkanes of at least 4 members (excludes halogenated alkanes) is 1. The Morgan fingerprint density at radius 2 is 1.79 bits per heavy atom. The van der Waals surface area contributed by atoms with Crippen molar-refractivity contribution in [3.05, 3.63) is 48.0 Å². The van der Waals surface area contributed by atoms with E-state index in [0.29, 0.717) is 0 Å². The molecule has 100 valence electrons. The lowest BCUT2D eigenvalue weighted by Crippen LogP contribution is -2.31. The molecular formula is C17H21NO. The monoisotopic (exact) mass is 255 g/mol. The number of rotatable bonds is 5. The molecule has 0 aliphatic carbocycles. The summed E-state index contributed by atoms with van der Waals surface area (Å²) in [5.74, 6) is 0.146. The van der Waals surface area contributed by atoms with E-state index in [1.54, 1.807) is 0 Å². The predicted octanol–water partition coefficient (Wildman–Crippen LogP) is 4.10. The number of hydrogen-bond acceptors (Lipinski definition) is 1. The van der Waals surface area contributed by atoms with Gasteiger partial charge < -0.3 is 4.90 Å². The molecule has 2 aromatic carbocycles. The molecule has 0 radical (unpaired) electrons. The maximum atomic E-state index is 12.6. The van der Waals surface area contributed by atoms with Gasteiger partial charge in [-0.3, -0.25) is 4.79 Å². The largest absolute Gasteiger partial charge is 0.339 e. The molecule has 2 aromatic rings. The van der Waals surface area contributed by atoms with Gasteiger partial charge in [-0.2, -0.15) is 0 Å². The van der Waals surface area contributed by atoms with Crippen LogP contribution < -0.4 is 0 Å². The fourth-order valence-electron chi connectivity index (χ4n) is 2.33. The van der Waals surface area contributed by atoms with Crippen molar-refractivity contribution in [3.8, 4) is 0 Å². The minimum absolute atomic E-state index is 0.146. The molecule has 0 aliphatic rings. The quantitative estimate of drug-likeness (QED) is 0.787. The molecule has 1 amide bonds. The topological polar surface area (TPSA) is 20.3 Å².